The van der Waals surface area contributed by atoms with Gasteiger partial charge >= 0.3 is 6.01 Å². The second-order valence-corrected chi connectivity index (χ2v) is 3.71. The average Bonchev–Trinajstić information content (AvgIpc) is 2.79. The lowest BCUT2D eigenvalue weighted by atomic mass is 10.2. The summed E-state index contributed by atoms with van der Waals surface area (Å²) in [6.07, 6.45) is 0. The van der Waals surface area contributed by atoms with Gasteiger partial charge in [-0.1, -0.05) is 17.2 Å². The van der Waals surface area contributed by atoms with Gasteiger partial charge < -0.3 is 20.6 Å². The van der Waals surface area contributed by atoms with Crippen molar-refractivity contribution < 1.29 is 9.52 Å². The summed E-state index contributed by atoms with van der Waals surface area (Å²) >= 11 is 0. The van der Waals surface area contributed by atoms with Crippen molar-refractivity contribution in [2.75, 3.05) is 5.32 Å². The summed E-state index contributed by atoms with van der Waals surface area (Å²) in [6, 6.07) is 7.28. The van der Waals surface area contributed by atoms with Crippen LogP contribution in [0.5, 0.6) is 0 Å². The van der Waals surface area contributed by atoms with Crippen LogP contribution < -0.4 is 11.1 Å². The zero-order valence-electron chi connectivity index (χ0n) is 9.42. The number of hydrogen-bond donors (Lipinski definition) is 3. The zero-order chi connectivity index (χ0) is 12.3. The number of hydrogen-bond acceptors (Lipinski definition) is 6. The van der Waals surface area contributed by atoms with Gasteiger partial charge in [-0.3, -0.25) is 0 Å². The molecule has 0 fully saturated rings. The lowest BCUT2D eigenvalue weighted by Crippen LogP contribution is -2.04. The van der Waals surface area contributed by atoms with Gasteiger partial charge in [-0.2, -0.15) is 0 Å². The number of nitrogens with two attached hydrogens (primary N) is 1. The lowest BCUT2D eigenvalue weighted by molar-refractivity contribution is 0.282. The molecular formula is C11H14N4O2. The number of aromatic nitrogens is 2. The highest BCUT2D eigenvalue weighted by molar-refractivity contribution is 5.52. The van der Waals surface area contributed by atoms with Gasteiger partial charge in [0.15, 0.2) is 0 Å². The summed E-state index contributed by atoms with van der Waals surface area (Å²) in [5.41, 5.74) is 7.26. The molecule has 0 aliphatic rings. The van der Waals surface area contributed by atoms with Crippen molar-refractivity contribution in [3.8, 4) is 0 Å². The van der Waals surface area contributed by atoms with Crippen molar-refractivity contribution in [3.63, 3.8) is 0 Å². The second kappa shape index (κ2) is 4.94. The highest BCUT2D eigenvalue weighted by Crippen LogP contribution is 2.17. The molecule has 1 aromatic carbocycles. The van der Waals surface area contributed by atoms with Crippen LogP contribution in [0.2, 0.25) is 0 Å². The van der Waals surface area contributed by atoms with Crippen LogP contribution in [0, 0.1) is 0 Å². The molecule has 1 heterocycles. The topological polar surface area (TPSA) is 97.2 Å². The van der Waals surface area contributed by atoms with Gasteiger partial charge in [0.2, 0.25) is 5.89 Å². The molecule has 0 saturated carbocycles. The van der Waals surface area contributed by atoms with Crippen LogP contribution in [0.3, 0.4) is 0 Å². The smallest absolute Gasteiger partial charge is 0.320 e. The third-order valence-electron chi connectivity index (χ3n) is 2.22. The third-order valence-corrected chi connectivity index (χ3v) is 2.22. The zero-order valence-corrected chi connectivity index (χ0v) is 9.42. The Morgan fingerprint density at radius 1 is 1.35 bits per heavy atom. The third kappa shape index (κ3) is 2.80. The van der Waals surface area contributed by atoms with Crippen molar-refractivity contribution in [2.45, 2.75) is 19.6 Å². The van der Waals surface area contributed by atoms with Gasteiger partial charge in [-0.25, -0.2) is 0 Å². The Labute approximate surface area is 98.5 Å². The van der Waals surface area contributed by atoms with E-state index in [1.54, 1.807) is 6.92 Å². The van der Waals surface area contributed by atoms with Crippen LogP contribution in [0.25, 0.3) is 0 Å². The SMILES string of the molecule is CC(N)c1nnc(Nc2ccc(CO)cc2)o1. The molecule has 6 nitrogen and oxygen atoms in total. The quantitative estimate of drug-likeness (QED) is 0.738. The molecule has 0 spiro atoms. The predicted octanol–water partition coefficient (Wildman–Crippen LogP) is 1.33. The van der Waals surface area contributed by atoms with Crippen molar-refractivity contribution in [3.05, 3.63) is 35.7 Å². The maximum absolute atomic E-state index is 8.91. The van der Waals surface area contributed by atoms with Crippen LogP contribution >= 0.6 is 0 Å². The first-order valence-corrected chi connectivity index (χ1v) is 5.25. The van der Waals surface area contributed by atoms with E-state index >= 15 is 0 Å². The fourth-order valence-corrected chi connectivity index (χ4v) is 1.29. The molecule has 2 rings (SSSR count). The van der Waals surface area contributed by atoms with E-state index in [2.05, 4.69) is 15.5 Å². The van der Waals surface area contributed by atoms with Crippen LogP contribution in [-0.2, 0) is 6.61 Å². The molecule has 0 aliphatic carbocycles. The Hall–Kier alpha value is -1.92. The molecule has 0 saturated heterocycles. The van der Waals surface area contributed by atoms with Gasteiger partial charge in [0.1, 0.15) is 0 Å². The molecule has 4 N–H and O–H groups in total. The summed E-state index contributed by atoms with van der Waals surface area (Å²) < 4.78 is 5.30. The standard InChI is InChI=1S/C11H14N4O2/c1-7(12)10-14-15-11(17-10)13-9-4-2-8(6-16)3-5-9/h2-5,7,16H,6,12H2,1H3,(H,13,15). The minimum Gasteiger partial charge on any atom is -0.406 e. The Kier molecular flexibility index (Phi) is 3.36. The highest BCUT2D eigenvalue weighted by Gasteiger charge is 2.09. The fraction of sp³-hybridized carbons (Fsp3) is 0.273. The van der Waals surface area contributed by atoms with Crippen molar-refractivity contribution >= 4 is 11.7 Å². The summed E-state index contributed by atoms with van der Waals surface area (Å²) in [7, 11) is 0. The minimum absolute atomic E-state index is 0.0235. The summed E-state index contributed by atoms with van der Waals surface area (Å²) in [4.78, 5) is 0. The van der Waals surface area contributed by atoms with Crippen LogP contribution in [0.4, 0.5) is 11.7 Å². The first-order chi connectivity index (χ1) is 8.19. The summed E-state index contributed by atoms with van der Waals surface area (Å²) in [5.74, 6) is 0.388. The van der Waals surface area contributed by atoms with E-state index in [0.29, 0.717) is 11.9 Å². The molecule has 90 valence electrons. The highest BCUT2D eigenvalue weighted by atomic mass is 16.4. The first-order valence-electron chi connectivity index (χ1n) is 5.25. The van der Waals surface area contributed by atoms with Crippen molar-refractivity contribution in [1.82, 2.24) is 10.2 Å². The van der Waals surface area contributed by atoms with Gasteiger partial charge in [-0.05, 0) is 24.6 Å². The number of benzene rings is 1. The number of rotatable bonds is 4. The molecule has 1 aromatic heterocycles. The van der Waals surface area contributed by atoms with E-state index in [-0.39, 0.29) is 12.6 Å². The number of nitrogens with one attached hydrogen (secondary N) is 1. The van der Waals surface area contributed by atoms with Gasteiger partial charge in [-0.15, -0.1) is 5.10 Å². The molecule has 17 heavy (non-hydrogen) atoms. The normalized spacial score (nSPS) is 12.4. The van der Waals surface area contributed by atoms with E-state index in [1.165, 1.54) is 0 Å². The Morgan fingerprint density at radius 3 is 2.59 bits per heavy atom. The van der Waals surface area contributed by atoms with Crippen molar-refractivity contribution in [1.29, 1.82) is 0 Å². The second-order valence-electron chi connectivity index (χ2n) is 3.71. The molecule has 0 aliphatic heterocycles. The molecule has 1 unspecified atom stereocenters. The van der Waals surface area contributed by atoms with Gasteiger partial charge in [0, 0.05) is 5.69 Å². The molecule has 6 heteroatoms. The molecule has 0 bridgehead atoms. The molecule has 2 aromatic rings. The number of nitrogens with zero attached hydrogens (tertiary/aromatic N) is 2. The Morgan fingerprint density at radius 2 is 2.06 bits per heavy atom. The molecule has 0 amide bonds. The number of aliphatic hydroxyl groups excluding tert-OH is 1. The monoisotopic (exact) mass is 234 g/mol. The van der Waals surface area contributed by atoms with Crippen LogP contribution in [0.1, 0.15) is 24.4 Å². The molecule has 0 radical (unpaired) electrons. The fourth-order valence-electron chi connectivity index (χ4n) is 1.29. The maximum Gasteiger partial charge on any atom is 0.320 e. The number of aliphatic hydroxyl groups is 1. The first kappa shape index (κ1) is 11.6. The van der Waals surface area contributed by atoms with Crippen LogP contribution in [-0.4, -0.2) is 15.3 Å². The van der Waals surface area contributed by atoms with E-state index in [4.69, 9.17) is 15.3 Å². The molecule has 1 atom stereocenters. The minimum atomic E-state index is -0.283. The van der Waals surface area contributed by atoms with E-state index in [1.807, 2.05) is 24.3 Å². The largest absolute Gasteiger partial charge is 0.406 e. The summed E-state index contributed by atoms with van der Waals surface area (Å²) in [6.45, 7) is 1.79. The van der Waals surface area contributed by atoms with E-state index in [0.717, 1.165) is 11.3 Å². The van der Waals surface area contributed by atoms with E-state index in [9.17, 15) is 0 Å². The Bertz CT molecular complexity index is 478. The van der Waals surface area contributed by atoms with Crippen LogP contribution in [0.15, 0.2) is 28.7 Å². The Balaban J connectivity index is 2.08. The lowest BCUT2D eigenvalue weighted by Gasteiger charge is -2.02. The number of anilines is 2. The van der Waals surface area contributed by atoms with Gasteiger partial charge in [0.25, 0.3) is 0 Å². The summed E-state index contributed by atoms with van der Waals surface area (Å²) in [5, 5.41) is 19.5. The van der Waals surface area contributed by atoms with Crippen molar-refractivity contribution in [2.24, 2.45) is 5.73 Å². The molecular weight excluding hydrogens is 220 g/mol. The predicted molar refractivity (Wildman–Crippen MR) is 62.5 cm³/mol. The maximum atomic E-state index is 8.91. The van der Waals surface area contributed by atoms with Gasteiger partial charge in [0.05, 0.1) is 12.6 Å². The average molecular weight is 234 g/mol. The van der Waals surface area contributed by atoms with E-state index < -0.39 is 0 Å².